The summed E-state index contributed by atoms with van der Waals surface area (Å²) < 4.78 is 12.1. The first-order valence-corrected chi connectivity index (χ1v) is 2.96. The molecular weight excluding hydrogens is 115 g/mol. The third kappa shape index (κ3) is 5.01. The third-order valence-corrected chi connectivity index (χ3v) is 0.822. The van der Waals surface area contributed by atoms with Gasteiger partial charge in [-0.15, -0.1) is 0 Å². The molecule has 0 fully saturated rings. The zero-order chi connectivity index (χ0) is 7.11. The third-order valence-electron chi connectivity index (χ3n) is 0.822. The smallest absolute Gasteiger partial charge is 0.122 e. The Labute approximate surface area is 55.4 Å². The van der Waals surface area contributed by atoms with E-state index in [0.717, 1.165) is 6.42 Å². The molecule has 0 rings (SSSR count). The maximum atomic E-state index is 12.1. The molecule has 0 N–H and O–H groups in total. The maximum Gasteiger partial charge on any atom is 0.122 e. The van der Waals surface area contributed by atoms with Crippen molar-refractivity contribution in [3.8, 4) is 0 Å². The van der Waals surface area contributed by atoms with Gasteiger partial charge in [0.15, 0.2) is 0 Å². The summed E-state index contributed by atoms with van der Waals surface area (Å²) in [6.45, 7) is 5.26. The highest BCUT2D eigenvalue weighted by molar-refractivity contribution is 5.15. The van der Waals surface area contributed by atoms with Gasteiger partial charge in [-0.2, -0.15) is 0 Å². The molecule has 0 aromatic heterocycles. The minimum Gasteiger partial charge on any atom is -0.207 e. The molecule has 0 unspecified atom stereocenters. The van der Waals surface area contributed by atoms with Crippen LogP contribution in [0.3, 0.4) is 0 Å². The van der Waals surface area contributed by atoms with E-state index in [2.05, 4.69) is 6.58 Å². The van der Waals surface area contributed by atoms with Crippen LogP contribution in [0.2, 0.25) is 0 Å². The zero-order valence-electron chi connectivity index (χ0n) is 5.60. The van der Waals surface area contributed by atoms with Crippen molar-refractivity contribution in [3.63, 3.8) is 0 Å². The van der Waals surface area contributed by atoms with Crippen molar-refractivity contribution in [1.29, 1.82) is 0 Å². The topological polar surface area (TPSA) is 0 Å². The molecule has 50 valence electrons. The Kier molecular flexibility index (Phi) is 4.79. The predicted octanol–water partition coefficient (Wildman–Crippen LogP) is 2.99. The minimum atomic E-state index is -0.292. The lowest BCUT2D eigenvalue weighted by Gasteiger charge is -1.78. The van der Waals surface area contributed by atoms with Gasteiger partial charge in [-0.25, -0.2) is 4.39 Å². The first-order chi connectivity index (χ1) is 4.31. The lowest BCUT2D eigenvalue weighted by Crippen LogP contribution is -1.59. The van der Waals surface area contributed by atoms with E-state index in [1.165, 1.54) is 12.2 Å². The Morgan fingerprint density at radius 3 is 2.78 bits per heavy atom. The van der Waals surface area contributed by atoms with Crippen LogP contribution < -0.4 is 0 Å². The number of hydrogen-bond donors (Lipinski definition) is 0. The molecule has 0 heterocycles. The van der Waals surface area contributed by atoms with Crippen molar-refractivity contribution in [1.82, 2.24) is 0 Å². The van der Waals surface area contributed by atoms with Crippen LogP contribution in [-0.4, -0.2) is 0 Å². The lowest BCUT2D eigenvalue weighted by atomic mass is 10.4. The predicted molar refractivity (Wildman–Crippen MR) is 38.8 cm³/mol. The van der Waals surface area contributed by atoms with Gasteiger partial charge >= 0.3 is 0 Å². The first kappa shape index (κ1) is 8.15. The van der Waals surface area contributed by atoms with Gasteiger partial charge in [-0.05, 0) is 18.6 Å². The fourth-order valence-electron chi connectivity index (χ4n) is 0.364. The van der Waals surface area contributed by atoms with Crippen LogP contribution in [0, 0.1) is 0 Å². The molecule has 9 heavy (non-hydrogen) atoms. The van der Waals surface area contributed by atoms with Crippen LogP contribution in [-0.2, 0) is 0 Å². The Balaban J connectivity index is 3.68. The first-order valence-electron chi connectivity index (χ1n) is 2.96. The minimum absolute atomic E-state index is 0.292. The van der Waals surface area contributed by atoms with E-state index in [9.17, 15) is 4.39 Å². The van der Waals surface area contributed by atoms with Gasteiger partial charge in [-0.3, -0.25) is 0 Å². The molecule has 0 atom stereocenters. The van der Waals surface area contributed by atoms with E-state index in [-0.39, 0.29) is 5.83 Å². The molecule has 0 radical (unpaired) electrons. The van der Waals surface area contributed by atoms with Crippen LogP contribution >= 0.6 is 0 Å². The van der Waals surface area contributed by atoms with E-state index in [0.29, 0.717) is 0 Å². The highest BCUT2D eigenvalue weighted by atomic mass is 19.1. The number of allylic oxidation sites excluding steroid dienone is 5. The van der Waals surface area contributed by atoms with Crippen LogP contribution in [0.1, 0.15) is 13.3 Å². The van der Waals surface area contributed by atoms with Crippen LogP contribution in [0.4, 0.5) is 4.39 Å². The monoisotopic (exact) mass is 126 g/mol. The molecule has 1 heteroatoms. The maximum absolute atomic E-state index is 12.1. The molecule has 0 aliphatic heterocycles. The highest BCUT2D eigenvalue weighted by Gasteiger charge is 1.77. The van der Waals surface area contributed by atoms with Gasteiger partial charge in [-0.1, -0.05) is 25.7 Å². The summed E-state index contributed by atoms with van der Waals surface area (Å²) in [5.74, 6) is -0.292. The number of rotatable bonds is 3. The molecule has 0 spiro atoms. The Hall–Kier alpha value is -0.850. The molecule has 0 aromatic carbocycles. The van der Waals surface area contributed by atoms with Crippen molar-refractivity contribution in [2.24, 2.45) is 0 Å². The molecule has 0 saturated carbocycles. The molecule has 0 bridgehead atoms. The molecule has 0 aliphatic rings. The fourth-order valence-corrected chi connectivity index (χ4v) is 0.364. The largest absolute Gasteiger partial charge is 0.207 e. The average molecular weight is 126 g/mol. The van der Waals surface area contributed by atoms with E-state index in [1.807, 2.05) is 13.0 Å². The van der Waals surface area contributed by atoms with E-state index >= 15 is 0 Å². The fraction of sp³-hybridized carbons (Fsp3) is 0.250. The standard InChI is InChI=1S/C8H11F/c1-3-5-6-7-8(9)4-2/h4-7H,2-3H2,1H3/b6-5-,8-7+. The summed E-state index contributed by atoms with van der Waals surface area (Å²) in [6.07, 6.45) is 7.05. The lowest BCUT2D eigenvalue weighted by molar-refractivity contribution is 0.668. The van der Waals surface area contributed by atoms with Crippen molar-refractivity contribution in [2.45, 2.75) is 13.3 Å². The second kappa shape index (κ2) is 5.29. The van der Waals surface area contributed by atoms with Crippen molar-refractivity contribution in [3.05, 3.63) is 36.7 Å². The SMILES string of the molecule is C=C/C(F)=C\C=C/CC. The average Bonchev–Trinajstić information content (AvgIpc) is 1.89. The van der Waals surface area contributed by atoms with Gasteiger partial charge in [0.25, 0.3) is 0 Å². The van der Waals surface area contributed by atoms with Crippen molar-refractivity contribution < 1.29 is 4.39 Å². The normalized spacial score (nSPS) is 12.4. The number of halogens is 1. The summed E-state index contributed by atoms with van der Waals surface area (Å²) in [5.41, 5.74) is 0. The number of hydrogen-bond acceptors (Lipinski definition) is 0. The van der Waals surface area contributed by atoms with Crippen molar-refractivity contribution in [2.75, 3.05) is 0 Å². The van der Waals surface area contributed by atoms with Gasteiger partial charge < -0.3 is 0 Å². The second-order valence-corrected chi connectivity index (χ2v) is 1.59. The van der Waals surface area contributed by atoms with Gasteiger partial charge in [0.1, 0.15) is 5.83 Å². The van der Waals surface area contributed by atoms with E-state index < -0.39 is 0 Å². The summed E-state index contributed by atoms with van der Waals surface area (Å²) >= 11 is 0. The van der Waals surface area contributed by atoms with Crippen LogP contribution in [0.15, 0.2) is 36.7 Å². The molecule has 0 aromatic rings. The van der Waals surface area contributed by atoms with Gasteiger partial charge in [0, 0.05) is 0 Å². The van der Waals surface area contributed by atoms with E-state index in [1.54, 1.807) is 6.08 Å². The van der Waals surface area contributed by atoms with Crippen LogP contribution in [0.5, 0.6) is 0 Å². The van der Waals surface area contributed by atoms with E-state index in [4.69, 9.17) is 0 Å². The summed E-state index contributed by atoms with van der Waals surface area (Å²) in [6, 6.07) is 0. The highest BCUT2D eigenvalue weighted by Crippen LogP contribution is 1.96. The van der Waals surface area contributed by atoms with Gasteiger partial charge in [0.05, 0.1) is 0 Å². The summed E-state index contributed by atoms with van der Waals surface area (Å²) in [4.78, 5) is 0. The molecule has 0 amide bonds. The second-order valence-electron chi connectivity index (χ2n) is 1.59. The zero-order valence-corrected chi connectivity index (χ0v) is 5.60. The quantitative estimate of drug-likeness (QED) is 0.510. The molecular formula is C8H11F. The Bertz CT molecular complexity index is 132. The summed E-state index contributed by atoms with van der Waals surface area (Å²) in [7, 11) is 0. The summed E-state index contributed by atoms with van der Waals surface area (Å²) in [5, 5.41) is 0. The Morgan fingerprint density at radius 2 is 2.33 bits per heavy atom. The Morgan fingerprint density at radius 1 is 1.67 bits per heavy atom. The van der Waals surface area contributed by atoms with Crippen LogP contribution in [0.25, 0.3) is 0 Å². The molecule has 0 saturated heterocycles. The molecule has 0 nitrogen and oxygen atoms in total. The van der Waals surface area contributed by atoms with Gasteiger partial charge in [0.2, 0.25) is 0 Å². The van der Waals surface area contributed by atoms with Crippen molar-refractivity contribution >= 4 is 0 Å². The molecule has 0 aliphatic carbocycles.